The molecule has 1 aromatic carbocycles. The van der Waals surface area contributed by atoms with E-state index >= 15 is 0 Å². The molecule has 4 heteroatoms. The Bertz CT molecular complexity index is 533. The lowest BCUT2D eigenvalue weighted by Gasteiger charge is -2.09. The van der Waals surface area contributed by atoms with Crippen LogP contribution in [0.5, 0.6) is 0 Å². The van der Waals surface area contributed by atoms with E-state index in [1.54, 1.807) is 12.1 Å². The molecule has 2 rings (SSSR count). The maximum absolute atomic E-state index is 10.9. The molecule has 0 amide bonds. The number of rotatable bonds is 2. The van der Waals surface area contributed by atoms with E-state index in [4.69, 9.17) is 15.9 Å². The fourth-order valence-electron chi connectivity index (χ4n) is 1.46. The molecule has 15 heavy (non-hydrogen) atoms. The number of nitrogens with two attached hydrogens (primary N) is 2. The molecular formula is C11H12N2O2. The Kier molecular flexibility index (Phi) is 2.53. The van der Waals surface area contributed by atoms with Crippen molar-refractivity contribution in [3.63, 3.8) is 0 Å². The number of fused-ring (bicyclic) bond motifs is 1. The van der Waals surface area contributed by atoms with Crippen LogP contribution in [0.3, 0.4) is 0 Å². The number of hydrogen-bond donors (Lipinski definition) is 2. The van der Waals surface area contributed by atoms with E-state index in [1.165, 1.54) is 6.07 Å². The second-order valence-electron chi connectivity index (χ2n) is 3.39. The molecule has 0 fully saturated rings. The predicted molar refractivity (Wildman–Crippen MR) is 58.5 cm³/mol. The summed E-state index contributed by atoms with van der Waals surface area (Å²) >= 11 is 0. The SMILES string of the molecule is NC[C@@H](N)c1ccc2oc(=O)ccc2c1. The van der Waals surface area contributed by atoms with Crippen molar-refractivity contribution >= 4 is 11.0 Å². The lowest BCUT2D eigenvalue weighted by Crippen LogP contribution is -2.20. The Balaban J connectivity index is 2.57. The molecule has 0 saturated carbocycles. The zero-order valence-corrected chi connectivity index (χ0v) is 8.14. The highest BCUT2D eigenvalue weighted by atomic mass is 16.4. The minimum atomic E-state index is -0.349. The normalized spacial score (nSPS) is 12.9. The molecule has 1 atom stereocenters. The number of hydrogen-bond acceptors (Lipinski definition) is 4. The smallest absolute Gasteiger partial charge is 0.336 e. The second-order valence-corrected chi connectivity index (χ2v) is 3.39. The summed E-state index contributed by atoms with van der Waals surface area (Å²) in [6.07, 6.45) is 0. The van der Waals surface area contributed by atoms with Gasteiger partial charge in [-0.2, -0.15) is 0 Å². The Morgan fingerprint density at radius 3 is 2.80 bits per heavy atom. The summed E-state index contributed by atoms with van der Waals surface area (Å²) in [7, 11) is 0. The van der Waals surface area contributed by atoms with Crippen LogP contribution in [-0.4, -0.2) is 6.54 Å². The maximum Gasteiger partial charge on any atom is 0.336 e. The van der Waals surface area contributed by atoms with Crippen LogP contribution in [0.4, 0.5) is 0 Å². The van der Waals surface area contributed by atoms with E-state index in [1.807, 2.05) is 12.1 Å². The van der Waals surface area contributed by atoms with E-state index in [2.05, 4.69) is 0 Å². The third-order valence-electron chi connectivity index (χ3n) is 2.33. The van der Waals surface area contributed by atoms with Gasteiger partial charge in [0.1, 0.15) is 5.58 Å². The third-order valence-corrected chi connectivity index (χ3v) is 2.33. The zero-order chi connectivity index (χ0) is 10.8. The van der Waals surface area contributed by atoms with Crippen molar-refractivity contribution in [1.82, 2.24) is 0 Å². The van der Waals surface area contributed by atoms with Gasteiger partial charge >= 0.3 is 5.63 Å². The first-order valence-electron chi connectivity index (χ1n) is 4.70. The highest BCUT2D eigenvalue weighted by Gasteiger charge is 2.05. The zero-order valence-electron chi connectivity index (χ0n) is 8.14. The minimum Gasteiger partial charge on any atom is -0.423 e. The molecule has 0 radical (unpaired) electrons. The van der Waals surface area contributed by atoms with Crippen molar-refractivity contribution in [3.8, 4) is 0 Å². The summed E-state index contributed by atoms with van der Waals surface area (Å²) in [6, 6.07) is 8.37. The van der Waals surface area contributed by atoms with E-state index in [9.17, 15) is 4.79 Å². The van der Waals surface area contributed by atoms with Crippen LogP contribution in [0.25, 0.3) is 11.0 Å². The summed E-state index contributed by atoms with van der Waals surface area (Å²) in [5, 5.41) is 0.857. The van der Waals surface area contributed by atoms with Crippen molar-refractivity contribution < 1.29 is 4.42 Å². The fourth-order valence-corrected chi connectivity index (χ4v) is 1.46. The Morgan fingerprint density at radius 1 is 1.27 bits per heavy atom. The molecule has 0 aliphatic rings. The van der Waals surface area contributed by atoms with Crippen LogP contribution in [0.15, 0.2) is 39.5 Å². The molecule has 78 valence electrons. The molecule has 1 aromatic heterocycles. The molecule has 0 saturated heterocycles. The molecule has 0 unspecified atom stereocenters. The van der Waals surface area contributed by atoms with Crippen molar-refractivity contribution in [2.75, 3.05) is 6.54 Å². The van der Waals surface area contributed by atoms with Crippen molar-refractivity contribution in [3.05, 3.63) is 46.3 Å². The molecular weight excluding hydrogens is 192 g/mol. The van der Waals surface area contributed by atoms with Gasteiger partial charge in [0.25, 0.3) is 0 Å². The molecule has 0 aliphatic heterocycles. The number of benzene rings is 1. The predicted octanol–water partition coefficient (Wildman–Crippen LogP) is 0.751. The fraction of sp³-hybridized carbons (Fsp3) is 0.182. The van der Waals surface area contributed by atoms with Crippen LogP contribution in [0.1, 0.15) is 11.6 Å². The Labute approximate surface area is 86.5 Å². The first-order chi connectivity index (χ1) is 7.20. The molecule has 4 nitrogen and oxygen atoms in total. The first-order valence-corrected chi connectivity index (χ1v) is 4.70. The van der Waals surface area contributed by atoms with E-state index in [0.29, 0.717) is 12.1 Å². The summed E-state index contributed by atoms with van der Waals surface area (Å²) in [4.78, 5) is 10.9. The van der Waals surface area contributed by atoms with Gasteiger partial charge in [-0.25, -0.2) is 4.79 Å². The molecule has 0 aliphatic carbocycles. The summed E-state index contributed by atoms with van der Waals surface area (Å²) in [5.41, 5.74) is 12.4. The summed E-state index contributed by atoms with van der Waals surface area (Å²) in [5.74, 6) is 0. The van der Waals surface area contributed by atoms with Crippen LogP contribution in [0, 0.1) is 0 Å². The van der Waals surface area contributed by atoms with Crippen molar-refractivity contribution in [2.45, 2.75) is 6.04 Å². The standard InChI is InChI=1S/C11H12N2O2/c12-6-9(13)7-1-3-10-8(5-7)2-4-11(14)15-10/h1-5,9H,6,12-13H2/t9-/m1/s1. The van der Waals surface area contributed by atoms with Gasteiger partial charge in [-0.15, -0.1) is 0 Å². The second kappa shape index (κ2) is 3.84. The average molecular weight is 204 g/mol. The van der Waals surface area contributed by atoms with Crippen LogP contribution in [-0.2, 0) is 0 Å². The topological polar surface area (TPSA) is 82.2 Å². The largest absolute Gasteiger partial charge is 0.423 e. The van der Waals surface area contributed by atoms with Gasteiger partial charge in [-0.1, -0.05) is 6.07 Å². The van der Waals surface area contributed by atoms with Crippen LogP contribution >= 0.6 is 0 Å². The van der Waals surface area contributed by atoms with Gasteiger partial charge in [-0.05, 0) is 23.8 Å². The quantitative estimate of drug-likeness (QED) is 0.707. The minimum absolute atomic E-state index is 0.179. The molecule has 0 bridgehead atoms. The first kappa shape index (κ1) is 9.89. The average Bonchev–Trinajstić information content (AvgIpc) is 2.27. The lowest BCUT2D eigenvalue weighted by molar-refractivity contribution is 0.560. The Hall–Kier alpha value is -1.65. The summed E-state index contributed by atoms with van der Waals surface area (Å²) in [6.45, 7) is 0.391. The molecule has 2 aromatic rings. The van der Waals surface area contributed by atoms with Crippen molar-refractivity contribution in [2.24, 2.45) is 11.5 Å². The van der Waals surface area contributed by atoms with E-state index in [0.717, 1.165) is 10.9 Å². The molecule has 1 heterocycles. The van der Waals surface area contributed by atoms with Gasteiger partial charge in [0.05, 0.1) is 0 Å². The van der Waals surface area contributed by atoms with E-state index < -0.39 is 0 Å². The van der Waals surface area contributed by atoms with E-state index in [-0.39, 0.29) is 11.7 Å². The van der Waals surface area contributed by atoms with Gasteiger partial charge in [0.15, 0.2) is 0 Å². The monoisotopic (exact) mass is 204 g/mol. The van der Waals surface area contributed by atoms with Crippen LogP contribution in [0.2, 0.25) is 0 Å². The third kappa shape index (κ3) is 1.91. The molecule has 4 N–H and O–H groups in total. The Morgan fingerprint density at radius 2 is 2.07 bits per heavy atom. The van der Waals surface area contributed by atoms with Gasteiger partial charge < -0.3 is 15.9 Å². The van der Waals surface area contributed by atoms with Gasteiger partial charge in [-0.3, -0.25) is 0 Å². The van der Waals surface area contributed by atoms with Gasteiger partial charge in [0, 0.05) is 24.0 Å². The highest BCUT2D eigenvalue weighted by molar-refractivity contribution is 5.77. The molecule has 0 spiro atoms. The lowest BCUT2D eigenvalue weighted by atomic mass is 10.1. The maximum atomic E-state index is 10.9. The van der Waals surface area contributed by atoms with Crippen LogP contribution < -0.4 is 17.1 Å². The van der Waals surface area contributed by atoms with Gasteiger partial charge in [0.2, 0.25) is 0 Å². The highest BCUT2D eigenvalue weighted by Crippen LogP contribution is 2.17. The van der Waals surface area contributed by atoms with Crippen molar-refractivity contribution in [1.29, 1.82) is 0 Å². The summed E-state index contributed by atoms with van der Waals surface area (Å²) < 4.78 is 5.00.